The monoisotopic (exact) mass is 278 g/mol. The van der Waals surface area contributed by atoms with Crippen LogP contribution in [-0.2, 0) is 4.79 Å². The minimum absolute atomic E-state index is 0.123. The standard InChI is InChI=1S/C14H15ClN2O2/c1-9-3-5-11(6-4-9)12(7-8-16)17-13(10(2)15)14(18)19/h3-7H,2,8,16H2,1H3,(H,18,19)/b12-7-,17-13?. The highest BCUT2D eigenvalue weighted by Gasteiger charge is 2.13. The Morgan fingerprint density at radius 1 is 1.47 bits per heavy atom. The summed E-state index contributed by atoms with van der Waals surface area (Å²) in [5.74, 6) is -1.23. The second-order valence-electron chi connectivity index (χ2n) is 3.86. The molecule has 0 saturated heterocycles. The Balaban J connectivity index is 3.26. The van der Waals surface area contributed by atoms with E-state index in [-0.39, 0.29) is 17.3 Å². The first kappa shape index (κ1) is 15.1. The Bertz CT molecular complexity index is 529. The van der Waals surface area contributed by atoms with Gasteiger partial charge in [0.1, 0.15) is 0 Å². The summed E-state index contributed by atoms with van der Waals surface area (Å²) >= 11 is 5.63. The van der Waals surface area contributed by atoms with Crippen molar-refractivity contribution in [2.75, 3.05) is 6.54 Å². The molecule has 19 heavy (non-hydrogen) atoms. The molecule has 0 aliphatic rings. The van der Waals surface area contributed by atoms with Gasteiger partial charge in [0, 0.05) is 6.54 Å². The average molecular weight is 279 g/mol. The predicted molar refractivity (Wildman–Crippen MR) is 78.3 cm³/mol. The Morgan fingerprint density at radius 2 is 2.05 bits per heavy atom. The normalized spacial score (nSPS) is 12.4. The zero-order valence-electron chi connectivity index (χ0n) is 10.6. The van der Waals surface area contributed by atoms with Crippen LogP contribution >= 0.6 is 11.6 Å². The SMILES string of the molecule is C=C(Cl)C(=N/C(=C\CN)c1ccc(C)cc1)C(=O)O. The highest BCUT2D eigenvalue weighted by atomic mass is 35.5. The summed E-state index contributed by atoms with van der Waals surface area (Å²) in [6.07, 6.45) is 1.63. The smallest absolute Gasteiger partial charge is 0.356 e. The fourth-order valence-electron chi connectivity index (χ4n) is 1.41. The maximum absolute atomic E-state index is 11.0. The van der Waals surface area contributed by atoms with Crippen LogP contribution in [0, 0.1) is 6.92 Å². The molecule has 1 aromatic carbocycles. The molecule has 3 N–H and O–H groups in total. The van der Waals surface area contributed by atoms with Crippen LogP contribution in [0.3, 0.4) is 0 Å². The molecule has 0 fully saturated rings. The molecular formula is C14H15ClN2O2. The molecule has 0 atom stereocenters. The molecule has 4 nitrogen and oxygen atoms in total. The first-order chi connectivity index (χ1) is 8.95. The van der Waals surface area contributed by atoms with Gasteiger partial charge in [-0.25, -0.2) is 9.79 Å². The quantitative estimate of drug-likeness (QED) is 0.813. The Hall–Kier alpha value is -1.91. The molecule has 0 unspecified atom stereocenters. The van der Waals surface area contributed by atoms with Crippen LogP contribution in [-0.4, -0.2) is 23.3 Å². The van der Waals surface area contributed by atoms with Gasteiger partial charge in [0.15, 0.2) is 5.71 Å². The van der Waals surface area contributed by atoms with Gasteiger partial charge >= 0.3 is 5.97 Å². The Kier molecular flexibility index (Phi) is 5.48. The molecule has 0 aliphatic carbocycles. The minimum atomic E-state index is -1.23. The zero-order chi connectivity index (χ0) is 14.4. The molecule has 1 aromatic rings. The lowest BCUT2D eigenvalue weighted by Crippen LogP contribution is -2.13. The molecule has 0 heterocycles. The molecule has 0 spiro atoms. The first-order valence-electron chi connectivity index (χ1n) is 5.59. The Labute approximate surface area is 116 Å². The number of carboxylic acid groups (broad SMARTS) is 1. The number of carbonyl (C=O) groups is 1. The summed E-state index contributed by atoms with van der Waals surface area (Å²) in [6.45, 7) is 5.60. The van der Waals surface area contributed by atoms with Crippen molar-refractivity contribution in [3.63, 3.8) is 0 Å². The number of carboxylic acids is 1. The number of benzene rings is 1. The lowest BCUT2D eigenvalue weighted by molar-refractivity contribution is -0.129. The fraction of sp³-hybridized carbons (Fsp3) is 0.143. The number of aliphatic carboxylic acids is 1. The second-order valence-corrected chi connectivity index (χ2v) is 4.32. The molecule has 100 valence electrons. The summed E-state index contributed by atoms with van der Waals surface area (Å²) in [5.41, 5.74) is 7.51. The van der Waals surface area contributed by atoms with Crippen LogP contribution in [0.4, 0.5) is 0 Å². The van der Waals surface area contributed by atoms with Crippen LogP contribution in [0.2, 0.25) is 0 Å². The van der Waals surface area contributed by atoms with E-state index in [2.05, 4.69) is 11.6 Å². The van der Waals surface area contributed by atoms with Gasteiger partial charge in [0.05, 0.1) is 10.7 Å². The van der Waals surface area contributed by atoms with E-state index in [0.29, 0.717) is 5.70 Å². The predicted octanol–water partition coefficient (Wildman–Crippen LogP) is 2.57. The molecule has 0 aromatic heterocycles. The van der Waals surface area contributed by atoms with Crippen molar-refractivity contribution in [3.8, 4) is 0 Å². The summed E-state index contributed by atoms with van der Waals surface area (Å²) in [7, 11) is 0. The van der Waals surface area contributed by atoms with Crippen LogP contribution in [0.1, 0.15) is 11.1 Å². The van der Waals surface area contributed by atoms with E-state index in [0.717, 1.165) is 11.1 Å². The van der Waals surface area contributed by atoms with E-state index in [1.165, 1.54) is 0 Å². The number of aliphatic imine (C=N–C) groups is 1. The van der Waals surface area contributed by atoms with E-state index < -0.39 is 5.97 Å². The van der Waals surface area contributed by atoms with Crippen LogP contribution < -0.4 is 5.73 Å². The number of rotatable bonds is 5. The molecule has 0 bridgehead atoms. The molecule has 0 aliphatic heterocycles. The van der Waals surface area contributed by atoms with Crippen molar-refractivity contribution >= 4 is 29.0 Å². The van der Waals surface area contributed by atoms with Crippen molar-refractivity contribution in [2.24, 2.45) is 10.7 Å². The van der Waals surface area contributed by atoms with Gasteiger partial charge in [0.25, 0.3) is 0 Å². The molecule has 0 amide bonds. The number of halogens is 1. The largest absolute Gasteiger partial charge is 0.476 e. The lowest BCUT2D eigenvalue weighted by Gasteiger charge is -2.05. The summed E-state index contributed by atoms with van der Waals surface area (Å²) in [6, 6.07) is 7.50. The van der Waals surface area contributed by atoms with Crippen molar-refractivity contribution < 1.29 is 9.90 Å². The second kappa shape index (κ2) is 6.87. The van der Waals surface area contributed by atoms with E-state index in [9.17, 15) is 4.79 Å². The minimum Gasteiger partial charge on any atom is -0.476 e. The molecule has 1 rings (SSSR count). The number of hydrogen-bond donors (Lipinski definition) is 2. The van der Waals surface area contributed by atoms with Gasteiger partial charge in [-0.15, -0.1) is 0 Å². The third kappa shape index (κ3) is 4.35. The number of nitrogens with two attached hydrogens (primary N) is 1. The van der Waals surface area contributed by atoms with Crippen LogP contribution in [0.25, 0.3) is 5.70 Å². The topological polar surface area (TPSA) is 75.7 Å². The molecular weight excluding hydrogens is 264 g/mol. The Morgan fingerprint density at radius 3 is 2.47 bits per heavy atom. The van der Waals surface area contributed by atoms with E-state index in [4.69, 9.17) is 22.4 Å². The van der Waals surface area contributed by atoms with E-state index in [1.807, 2.05) is 31.2 Å². The van der Waals surface area contributed by atoms with Crippen molar-refractivity contribution in [2.45, 2.75) is 6.92 Å². The average Bonchev–Trinajstić information content (AvgIpc) is 2.34. The number of hydrogen-bond acceptors (Lipinski definition) is 3. The number of nitrogens with zero attached hydrogens (tertiary/aromatic N) is 1. The van der Waals surface area contributed by atoms with Gasteiger partial charge in [0.2, 0.25) is 0 Å². The van der Waals surface area contributed by atoms with Crippen molar-refractivity contribution in [3.05, 3.63) is 53.1 Å². The van der Waals surface area contributed by atoms with E-state index >= 15 is 0 Å². The van der Waals surface area contributed by atoms with Gasteiger partial charge in [-0.3, -0.25) is 0 Å². The molecule has 0 radical (unpaired) electrons. The molecule has 0 saturated carbocycles. The highest BCUT2D eigenvalue weighted by Crippen LogP contribution is 2.18. The third-order valence-electron chi connectivity index (χ3n) is 2.35. The lowest BCUT2D eigenvalue weighted by atomic mass is 10.1. The van der Waals surface area contributed by atoms with Crippen molar-refractivity contribution in [1.29, 1.82) is 0 Å². The van der Waals surface area contributed by atoms with Gasteiger partial charge < -0.3 is 10.8 Å². The summed E-state index contributed by atoms with van der Waals surface area (Å²) in [4.78, 5) is 15.1. The first-order valence-corrected chi connectivity index (χ1v) is 5.97. The van der Waals surface area contributed by atoms with Gasteiger partial charge in [-0.1, -0.05) is 48.0 Å². The molecule has 5 heteroatoms. The van der Waals surface area contributed by atoms with E-state index in [1.54, 1.807) is 6.08 Å². The zero-order valence-corrected chi connectivity index (χ0v) is 11.3. The van der Waals surface area contributed by atoms with Crippen LogP contribution in [0.15, 0.2) is 46.9 Å². The maximum Gasteiger partial charge on any atom is 0.356 e. The van der Waals surface area contributed by atoms with Crippen LogP contribution in [0.5, 0.6) is 0 Å². The summed E-state index contributed by atoms with van der Waals surface area (Å²) < 4.78 is 0. The summed E-state index contributed by atoms with van der Waals surface area (Å²) in [5, 5.41) is 8.89. The maximum atomic E-state index is 11.0. The van der Waals surface area contributed by atoms with Gasteiger partial charge in [-0.05, 0) is 18.6 Å². The van der Waals surface area contributed by atoms with Gasteiger partial charge in [-0.2, -0.15) is 0 Å². The fourth-order valence-corrected chi connectivity index (χ4v) is 1.53. The number of aryl methyl sites for hydroxylation is 1. The highest BCUT2D eigenvalue weighted by molar-refractivity contribution is 6.58. The third-order valence-corrected chi connectivity index (χ3v) is 2.53. The van der Waals surface area contributed by atoms with Crippen molar-refractivity contribution in [1.82, 2.24) is 0 Å².